The van der Waals surface area contributed by atoms with E-state index < -0.39 is 11.9 Å². The number of rotatable bonds is 3. The molecule has 145 valence electrons. The molecule has 0 unspecified atom stereocenters. The van der Waals surface area contributed by atoms with Crippen LogP contribution in [0.2, 0.25) is 0 Å². The first-order valence-electron chi connectivity index (χ1n) is 5.07. The minimum atomic E-state index is -1.36. The van der Waals surface area contributed by atoms with Crippen molar-refractivity contribution in [3.63, 3.8) is 0 Å². The predicted molar refractivity (Wildman–Crippen MR) is 85.0 cm³/mol. The molecule has 11 nitrogen and oxygen atoms in total. The summed E-state index contributed by atoms with van der Waals surface area (Å²) in [5.41, 5.74) is 1.11. The Balaban J connectivity index is -0.000000129. The number of carboxylic acid groups (broad SMARTS) is 2. The first kappa shape index (κ1) is 38.3. The average Bonchev–Trinajstić information content (AvgIpc) is 2.39. The topological polar surface area (TPSA) is 288 Å². The van der Waals surface area contributed by atoms with Crippen LogP contribution in [0.4, 0.5) is 0 Å². The summed E-state index contributed by atoms with van der Waals surface area (Å²) in [7, 11) is 0. The van der Waals surface area contributed by atoms with Gasteiger partial charge in [-0.15, -0.1) is 0 Å². The zero-order valence-corrected chi connectivity index (χ0v) is 13.8. The summed E-state index contributed by atoms with van der Waals surface area (Å²) in [5.74, 6) is -2.62. The molecule has 2 rings (SSSR count). The van der Waals surface area contributed by atoms with Gasteiger partial charge in [0.05, 0.1) is 17.6 Å². The molecule has 2 aromatic rings. The minimum absolute atomic E-state index is 0. The van der Waals surface area contributed by atoms with Crippen LogP contribution in [0.3, 0.4) is 0 Å². The molecule has 0 aliphatic heterocycles. The second-order valence-electron chi connectivity index (χ2n) is 3.59. The van der Waals surface area contributed by atoms with Crippen LogP contribution in [-0.4, -0.2) is 27.9 Å². The fraction of sp³-hybridized carbons (Fsp3) is 0. The molecule has 0 aliphatic carbocycles. The van der Waals surface area contributed by atoms with Crippen LogP contribution in [0.5, 0.6) is 0 Å². The molecule has 0 amide bonds. The van der Waals surface area contributed by atoms with Gasteiger partial charge >= 0.3 is 16.8 Å². The first-order chi connectivity index (χ1) is 8.58. The molecule has 12 heteroatoms. The molecular weight excluding hydrogens is 389 g/mol. The van der Waals surface area contributed by atoms with Gasteiger partial charge in [-0.25, -0.2) is 0 Å². The SMILES string of the molecule is O.O.O=C([O-])c1cccc(-c2ccc(C(=O)[O-])nc2)c1.[Co+2].[OH3+].[OH3+].[OH3+].[OH3+]. The van der Waals surface area contributed by atoms with Gasteiger partial charge in [-0.05, 0) is 23.3 Å². The van der Waals surface area contributed by atoms with Crippen LogP contribution >= 0.6 is 0 Å². The van der Waals surface area contributed by atoms with Crippen LogP contribution in [0.15, 0.2) is 42.6 Å². The van der Waals surface area contributed by atoms with E-state index in [0.29, 0.717) is 11.1 Å². The van der Waals surface area contributed by atoms with Crippen molar-refractivity contribution in [2.45, 2.75) is 0 Å². The largest absolute Gasteiger partial charge is 2.00 e. The number of carbonyl (C=O) groups excluding carboxylic acids is 2. The predicted octanol–water partition coefficient (Wildman–Crippen LogP) is -5.86. The number of hydrogen-bond acceptors (Lipinski definition) is 5. The van der Waals surface area contributed by atoms with Crippen molar-refractivity contribution in [2.75, 3.05) is 0 Å². The third-order valence-electron chi connectivity index (χ3n) is 2.40. The quantitative estimate of drug-likeness (QED) is 0.443. The van der Waals surface area contributed by atoms with Gasteiger partial charge in [-0.3, -0.25) is 4.98 Å². The first-order valence-corrected chi connectivity index (χ1v) is 5.07. The van der Waals surface area contributed by atoms with Gasteiger partial charge < -0.3 is 52.7 Å². The maximum atomic E-state index is 10.7. The van der Waals surface area contributed by atoms with E-state index >= 15 is 0 Å². The van der Waals surface area contributed by atoms with Crippen LogP contribution in [0, 0.1) is 0 Å². The Morgan fingerprint density at radius 2 is 1.36 bits per heavy atom. The maximum absolute atomic E-state index is 10.7. The Labute approximate surface area is 152 Å². The number of nitrogens with zero attached hydrogens (tertiary/aromatic N) is 1. The smallest absolute Gasteiger partial charge is 0.545 e. The van der Waals surface area contributed by atoms with E-state index in [1.807, 2.05) is 0 Å². The summed E-state index contributed by atoms with van der Waals surface area (Å²) in [6.07, 6.45) is 1.35. The van der Waals surface area contributed by atoms with E-state index in [0.717, 1.165) is 0 Å². The molecule has 1 aromatic carbocycles. The number of aromatic nitrogens is 1. The Morgan fingerprint density at radius 3 is 1.76 bits per heavy atom. The summed E-state index contributed by atoms with van der Waals surface area (Å²) in [6.45, 7) is 0. The monoisotopic (exact) mass is 412 g/mol. The molecule has 16 N–H and O–H groups in total. The molecular formula is C13H23CoNO10+4. The average molecular weight is 412 g/mol. The molecule has 0 bridgehead atoms. The van der Waals surface area contributed by atoms with E-state index in [9.17, 15) is 19.8 Å². The normalized spacial score (nSPS) is 7.20. The number of aromatic carboxylic acids is 2. The Kier molecular flexibility index (Phi) is 25.1. The molecule has 0 aliphatic rings. The molecule has 0 atom stereocenters. The van der Waals surface area contributed by atoms with Crippen molar-refractivity contribution in [3.8, 4) is 11.1 Å². The molecule has 1 heterocycles. The van der Waals surface area contributed by atoms with Crippen LogP contribution in [-0.2, 0) is 38.7 Å². The second kappa shape index (κ2) is 16.4. The molecule has 0 spiro atoms. The van der Waals surface area contributed by atoms with E-state index in [-0.39, 0.29) is 60.9 Å². The maximum Gasteiger partial charge on any atom is 2.00 e. The summed E-state index contributed by atoms with van der Waals surface area (Å²) < 4.78 is 0. The summed E-state index contributed by atoms with van der Waals surface area (Å²) in [6, 6.07) is 8.96. The van der Waals surface area contributed by atoms with Crippen molar-refractivity contribution in [1.29, 1.82) is 0 Å². The Morgan fingerprint density at radius 1 is 0.800 bits per heavy atom. The molecule has 25 heavy (non-hydrogen) atoms. The van der Waals surface area contributed by atoms with Crippen LogP contribution in [0.25, 0.3) is 11.1 Å². The molecule has 1 radical (unpaired) electrons. The van der Waals surface area contributed by atoms with Gasteiger partial charge in [0.2, 0.25) is 0 Å². The summed E-state index contributed by atoms with van der Waals surface area (Å²) in [4.78, 5) is 25.0. The van der Waals surface area contributed by atoms with Crippen LogP contribution in [0.1, 0.15) is 20.8 Å². The second-order valence-corrected chi connectivity index (χ2v) is 3.59. The minimum Gasteiger partial charge on any atom is -0.545 e. The van der Waals surface area contributed by atoms with Gasteiger partial charge in [0.15, 0.2) is 0 Å². The van der Waals surface area contributed by atoms with Gasteiger partial charge in [0.25, 0.3) is 0 Å². The number of carbonyl (C=O) groups is 2. The third kappa shape index (κ3) is 9.45. The van der Waals surface area contributed by atoms with Gasteiger partial charge in [0, 0.05) is 11.8 Å². The van der Waals surface area contributed by atoms with Crippen molar-refractivity contribution in [2.24, 2.45) is 0 Å². The molecule has 0 saturated heterocycles. The zero-order chi connectivity index (χ0) is 13.1. The van der Waals surface area contributed by atoms with E-state index in [2.05, 4.69) is 4.98 Å². The summed E-state index contributed by atoms with van der Waals surface area (Å²) >= 11 is 0. The van der Waals surface area contributed by atoms with E-state index in [1.54, 1.807) is 12.1 Å². The van der Waals surface area contributed by atoms with Crippen molar-refractivity contribution >= 4 is 11.9 Å². The number of benzene rings is 1. The molecule has 0 fully saturated rings. The standard InChI is InChI=1S/C13H9NO4.Co.6H2O/c15-12(16)9-3-1-2-8(6-9)10-4-5-11(13(17)18)14-7-10;;;;;;;/h1-7H,(H,15,16)(H,17,18);;6*1H2/q;+2;;;;;;/p+2. The van der Waals surface area contributed by atoms with E-state index in [1.165, 1.54) is 30.5 Å². The molecule has 1 aromatic heterocycles. The fourth-order valence-corrected chi connectivity index (χ4v) is 1.51. The van der Waals surface area contributed by atoms with Crippen LogP contribution < -0.4 is 10.2 Å². The fourth-order valence-electron chi connectivity index (χ4n) is 1.51. The van der Waals surface area contributed by atoms with Crippen molar-refractivity contribution in [3.05, 3.63) is 53.9 Å². The van der Waals surface area contributed by atoms with Gasteiger partial charge in [0.1, 0.15) is 0 Å². The number of carboxylic acids is 2. The zero-order valence-electron chi connectivity index (χ0n) is 12.8. The number of pyridine rings is 1. The van der Waals surface area contributed by atoms with Gasteiger partial charge in [-0.1, -0.05) is 24.3 Å². The third-order valence-corrected chi connectivity index (χ3v) is 2.40. The van der Waals surface area contributed by atoms with Crippen molar-refractivity contribution < 1.29 is 69.4 Å². The molecule has 0 saturated carbocycles. The number of hydrogen-bond donors (Lipinski definition) is 0. The Hall–Kier alpha value is -2.42. The Bertz CT molecular complexity index is 620. The summed E-state index contributed by atoms with van der Waals surface area (Å²) in [5, 5.41) is 21.2. The van der Waals surface area contributed by atoms with E-state index in [4.69, 9.17) is 0 Å². The van der Waals surface area contributed by atoms with Crippen molar-refractivity contribution in [1.82, 2.24) is 4.98 Å². The van der Waals surface area contributed by atoms with Gasteiger partial charge in [-0.2, -0.15) is 0 Å².